The van der Waals surface area contributed by atoms with Crippen molar-refractivity contribution in [3.05, 3.63) is 40.8 Å². The molecule has 2 rings (SSSR count). The van der Waals surface area contributed by atoms with Gasteiger partial charge in [-0.1, -0.05) is 0 Å². The minimum atomic E-state index is -0.539. The van der Waals surface area contributed by atoms with Crippen molar-refractivity contribution in [1.29, 1.82) is 0 Å². The highest BCUT2D eigenvalue weighted by Crippen LogP contribution is 1.99. The summed E-state index contributed by atoms with van der Waals surface area (Å²) in [6.45, 7) is 2.38. The molecule has 20 heavy (non-hydrogen) atoms. The van der Waals surface area contributed by atoms with Gasteiger partial charge >= 0.3 is 5.97 Å². The summed E-state index contributed by atoms with van der Waals surface area (Å²) >= 11 is 0. The Hall–Kier alpha value is -2.64. The molecule has 0 amide bonds. The normalized spacial score (nSPS) is 10.4. The zero-order chi connectivity index (χ0) is 14.5. The van der Waals surface area contributed by atoms with Gasteiger partial charge in [0.1, 0.15) is 12.9 Å². The third kappa shape index (κ3) is 3.22. The number of ether oxygens (including phenoxy) is 1. The Kier molecular flexibility index (Phi) is 4.14. The Labute approximate surface area is 114 Å². The maximum Gasteiger partial charge on any atom is 0.326 e. The van der Waals surface area contributed by atoms with Gasteiger partial charge in [0.05, 0.1) is 0 Å². The van der Waals surface area contributed by atoms with Crippen molar-refractivity contribution >= 4 is 11.7 Å². The average molecular weight is 277 g/mol. The highest BCUT2D eigenvalue weighted by molar-refractivity contribution is 5.69. The molecule has 0 aliphatic heterocycles. The summed E-state index contributed by atoms with van der Waals surface area (Å²) in [5, 5.41) is 3.96. The fourth-order valence-corrected chi connectivity index (χ4v) is 1.67. The van der Waals surface area contributed by atoms with Gasteiger partial charge in [-0.15, -0.1) is 0 Å². The van der Waals surface area contributed by atoms with E-state index < -0.39 is 5.97 Å². The molecular weight excluding hydrogens is 262 g/mol. The maximum absolute atomic E-state index is 11.7. The highest BCUT2D eigenvalue weighted by atomic mass is 16.5. The van der Waals surface area contributed by atoms with Gasteiger partial charge in [0, 0.05) is 24.5 Å². The molecule has 0 aliphatic rings. The van der Waals surface area contributed by atoms with E-state index in [1.165, 1.54) is 29.2 Å². The molecule has 2 aromatic heterocycles. The molecule has 2 heterocycles. The van der Waals surface area contributed by atoms with Crippen LogP contribution >= 0.6 is 0 Å². The molecule has 0 fully saturated rings. The molecule has 0 aromatic carbocycles. The van der Waals surface area contributed by atoms with Crippen LogP contribution in [0.3, 0.4) is 0 Å². The summed E-state index contributed by atoms with van der Waals surface area (Å²) in [4.78, 5) is 27.2. The van der Waals surface area contributed by atoms with Gasteiger partial charge in [0.25, 0.3) is 5.56 Å². The number of rotatable bonds is 5. The summed E-state index contributed by atoms with van der Waals surface area (Å²) in [5.41, 5.74) is 5.65. The van der Waals surface area contributed by atoms with Gasteiger partial charge < -0.3 is 15.0 Å². The lowest BCUT2D eigenvalue weighted by Crippen LogP contribution is -2.24. The topological polar surface area (TPSA) is 105 Å². The van der Waals surface area contributed by atoms with E-state index in [2.05, 4.69) is 10.1 Å². The zero-order valence-corrected chi connectivity index (χ0v) is 11.0. The van der Waals surface area contributed by atoms with Gasteiger partial charge in [-0.25, -0.2) is 9.67 Å². The van der Waals surface area contributed by atoms with E-state index in [1.807, 2.05) is 6.92 Å². The van der Waals surface area contributed by atoms with Gasteiger partial charge in [-0.05, 0) is 13.0 Å². The zero-order valence-electron chi connectivity index (χ0n) is 11.0. The molecule has 2 N–H and O–H groups in total. The second-order valence-corrected chi connectivity index (χ2v) is 4.08. The summed E-state index contributed by atoms with van der Waals surface area (Å²) in [7, 11) is 0. The van der Waals surface area contributed by atoms with Crippen LogP contribution in [0.15, 0.2) is 29.5 Å². The summed E-state index contributed by atoms with van der Waals surface area (Å²) in [6.07, 6.45) is 2.80. The molecule has 2 aromatic rings. The summed E-state index contributed by atoms with van der Waals surface area (Å²) in [6, 6.07) is 2.78. The Morgan fingerprint density at radius 2 is 2.25 bits per heavy atom. The maximum atomic E-state index is 11.7. The monoisotopic (exact) mass is 277 g/mol. The largest absolute Gasteiger partial charge is 0.456 e. The number of pyridine rings is 1. The van der Waals surface area contributed by atoms with Crippen molar-refractivity contribution in [1.82, 2.24) is 19.3 Å². The number of hydrogen-bond acceptors (Lipinski definition) is 6. The molecule has 8 heteroatoms. The number of nitrogen functional groups attached to an aromatic ring is 1. The smallest absolute Gasteiger partial charge is 0.326 e. The van der Waals surface area contributed by atoms with Crippen molar-refractivity contribution in [3.8, 4) is 0 Å². The number of nitrogens with two attached hydrogens (primary N) is 1. The fraction of sp³-hybridized carbons (Fsp3) is 0.333. The molecule has 0 aliphatic carbocycles. The number of esters is 1. The van der Waals surface area contributed by atoms with E-state index in [0.717, 1.165) is 0 Å². The van der Waals surface area contributed by atoms with Crippen molar-refractivity contribution in [3.63, 3.8) is 0 Å². The Morgan fingerprint density at radius 3 is 3.00 bits per heavy atom. The first-order valence-electron chi connectivity index (χ1n) is 6.08. The number of anilines is 1. The molecule has 0 bridgehead atoms. The Bertz CT molecular complexity index is 661. The molecule has 0 unspecified atom stereocenters. The molecule has 0 spiro atoms. The van der Waals surface area contributed by atoms with Crippen LogP contribution in [0, 0.1) is 0 Å². The van der Waals surface area contributed by atoms with E-state index in [-0.39, 0.29) is 18.7 Å². The third-order valence-electron chi connectivity index (χ3n) is 2.66. The van der Waals surface area contributed by atoms with Crippen LogP contribution in [0.1, 0.15) is 12.7 Å². The predicted molar refractivity (Wildman–Crippen MR) is 70.6 cm³/mol. The molecule has 0 atom stereocenters. The second kappa shape index (κ2) is 6.00. The molecule has 0 radical (unpaired) electrons. The van der Waals surface area contributed by atoms with Crippen molar-refractivity contribution < 1.29 is 9.53 Å². The lowest BCUT2D eigenvalue weighted by molar-refractivity contribution is -0.146. The van der Waals surface area contributed by atoms with Crippen LogP contribution < -0.4 is 11.3 Å². The van der Waals surface area contributed by atoms with Gasteiger partial charge in [-0.3, -0.25) is 9.59 Å². The highest BCUT2D eigenvalue weighted by Gasteiger charge is 2.09. The first-order chi connectivity index (χ1) is 9.60. The quantitative estimate of drug-likeness (QED) is 0.758. The first-order valence-corrected chi connectivity index (χ1v) is 6.08. The Morgan fingerprint density at radius 1 is 1.45 bits per heavy atom. The summed E-state index contributed by atoms with van der Waals surface area (Å²) in [5.74, 6) is 0.0177. The molecular formula is C12H15N5O3. The van der Waals surface area contributed by atoms with E-state index in [9.17, 15) is 9.59 Å². The van der Waals surface area contributed by atoms with E-state index in [1.54, 1.807) is 4.68 Å². The number of carbonyl (C=O) groups is 1. The number of aryl methyl sites for hydroxylation is 1. The van der Waals surface area contributed by atoms with Gasteiger partial charge in [-0.2, -0.15) is 5.10 Å². The Balaban J connectivity index is 1.96. The third-order valence-corrected chi connectivity index (χ3v) is 2.66. The van der Waals surface area contributed by atoms with Gasteiger partial charge in [0.15, 0.2) is 12.4 Å². The first kappa shape index (κ1) is 13.8. The fourth-order valence-electron chi connectivity index (χ4n) is 1.67. The molecule has 106 valence electrons. The second-order valence-electron chi connectivity index (χ2n) is 4.08. The van der Waals surface area contributed by atoms with Crippen LogP contribution in [0.2, 0.25) is 0 Å². The van der Waals surface area contributed by atoms with Crippen molar-refractivity contribution in [2.24, 2.45) is 0 Å². The van der Waals surface area contributed by atoms with Crippen LogP contribution in [-0.2, 0) is 29.2 Å². The number of aromatic nitrogens is 4. The van der Waals surface area contributed by atoms with Crippen molar-refractivity contribution in [2.45, 2.75) is 26.6 Å². The molecule has 8 nitrogen and oxygen atoms in total. The minimum Gasteiger partial charge on any atom is -0.456 e. The minimum absolute atomic E-state index is 0.0176. The van der Waals surface area contributed by atoms with Gasteiger partial charge in [0.2, 0.25) is 0 Å². The number of carbonyl (C=O) groups excluding carboxylic acids is 1. The number of hydrogen-bond donors (Lipinski definition) is 1. The molecule has 0 saturated heterocycles. The van der Waals surface area contributed by atoms with Crippen LogP contribution in [0.25, 0.3) is 0 Å². The SMILES string of the molecule is CCn1ncnc1COC(=O)Cn1cc(N)ccc1=O. The van der Waals surface area contributed by atoms with Crippen LogP contribution in [0.5, 0.6) is 0 Å². The lowest BCUT2D eigenvalue weighted by Gasteiger charge is -2.07. The van der Waals surface area contributed by atoms with Crippen LogP contribution in [-0.4, -0.2) is 25.3 Å². The van der Waals surface area contributed by atoms with Crippen LogP contribution in [0.4, 0.5) is 5.69 Å². The van der Waals surface area contributed by atoms with E-state index in [4.69, 9.17) is 10.5 Å². The lowest BCUT2D eigenvalue weighted by atomic mass is 10.4. The molecule has 0 saturated carbocycles. The van der Waals surface area contributed by atoms with E-state index in [0.29, 0.717) is 18.1 Å². The summed E-state index contributed by atoms with van der Waals surface area (Å²) < 4.78 is 7.89. The predicted octanol–water partition coefficient (Wildman–Crippen LogP) is -0.215. The standard InChI is InChI=1S/C12H15N5O3/c1-2-17-10(14-8-15-17)7-20-12(19)6-16-5-9(13)3-4-11(16)18/h3-5,8H,2,6-7,13H2,1H3. The van der Waals surface area contributed by atoms with E-state index >= 15 is 0 Å². The number of nitrogens with zero attached hydrogens (tertiary/aromatic N) is 4. The average Bonchev–Trinajstić information content (AvgIpc) is 2.88. The van der Waals surface area contributed by atoms with Crippen molar-refractivity contribution in [2.75, 3.05) is 5.73 Å².